The Balaban J connectivity index is 1.41. The SMILES string of the molecule is Cc1[nH]c2ccccc2c1C(=O)C(c1ccccc1)N1CCC(Cc2ccccc2)CC1. The van der Waals surface area contributed by atoms with Crippen LogP contribution in [0.4, 0.5) is 0 Å². The van der Waals surface area contributed by atoms with Gasteiger partial charge in [0.05, 0.1) is 6.04 Å². The highest BCUT2D eigenvalue weighted by atomic mass is 16.1. The molecule has 32 heavy (non-hydrogen) atoms. The molecule has 1 aliphatic rings. The molecule has 1 aromatic heterocycles. The van der Waals surface area contributed by atoms with Gasteiger partial charge in [-0.05, 0) is 62.4 Å². The zero-order chi connectivity index (χ0) is 21.9. The Morgan fingerprint density at radius 1 is 0.906 bits per heavy atom. The summed E-state index contributed by atoms with van der Waals surface area (Å²) in [5.74, 6) is 0.877. The number of ketones is 1. The number of Topliss-reactive ketones (excluding diaryl/α,β-unsaturated/α-hetero) is 1. The van der Waals surface area contributed by atoms with Gasteiger partial charge in [0.2, 0.25) is 0 Å². The molecule has 1 fully saturated rings. The first kappa shape index (κ1) is 20.7. The molecule has 3 heteroatoms. The summed E-state index contributed by atoms with van der Waals surface area (Å²) < 4.78 is 0. The van der Waals surface area contributed by atoms with E-state index in [9.17, 15) is 4.79 Å². The number of likely N-dealkylation sites (tertiary alicyclic amines) is 1. The number of aryl methyl sites for hydroxylation is 1. The molecule has 5 rings (SSSR count). The zero-order valence-corrected chi connectivity index (χ0v) is 18.6. The summed E-state index contributed by atoms with van der Waals surface area (Å²) in [5.41, 5.74) is 5.32. The van der Waals surface area contributed by atoms with Crippen LogP contribution in [0.2, 0.25) is 0 Å². The summed E-state index contributed by atoms with van der Waals surface area (Å²) >= 11 is 0. The van der Waals surface area contributed by atoms with Crippen LogP contribution in [0.3, 0.4) is 0 Å². The van der Waals surface area contributed by atoms with E-state index in [1.165, 1.54) is 5.56 Å². The van der Waals surface area contributed by atoms with Gasteiger partial charge in [-0.1, -0.05) is 78.9 Å². The van der Waals surface area contributed by atoms with Crippen molar-refractivity contribution in [3.05, 3.63) is 107 Å². The Labute approximate surface area is 190 Å². The summed E-state index contributed by atoms with van der Waals surface area (Å²) in [7, 11) is 0. The van der Waals surface area contributed by atoms with Crippen LogP contribution in [0, 0.1) is 12.8 Å². The second-order valence-electron chi connectivity index (χ2n) is 9.02. The van der Waals surface area contributed by atoms with Crippen molar-refractivity contribution in [2.24, 2.45) is 5.92 Å². The molecule has 1 N–H and O–H groups in total. The number of para-hydroxylation sites is 1. The Hall–Kier alpha value is -3.17. The third kappa shape index (κ3) is 4.13. The van der Waals surface area contributed by atoms with Crippen molar-refractivity contribution in [3.8, 4) is 0 Å². The number of carbonyl (C=O) groups excluding carboxylic acids is 1. The van der Waals surface area contributed by atoms with Crippen LogP contribution in [0.1, 0.15) is 46.1 Å². The number of fused-ring (bicyclic) bond motifs is 1. The molecule has 0 bridgehead atoms. The summed E-state index contributed by atoms with van der Waals surface area (Å²) in [6.45, 7) is 3.91. The van der Waals surface area contributed by atoms with E-state index in [2.05, 4.69) is 58.4 Å². The molecule has 3 nitrogen and oxygen atoms in total. The first-order valence-corrected chi connectivity index (χ1v) is 11.6. The van der Waals surface area contributed by atoms with Crippen molar-refractivity contribution in [2.45, 2.75) is 32.2 Å². The maximum absolute atomic E-state index is 14.1. The fourth-order valence-corrected chi connectivity index (χ4v) is 5.26. The van der Waals surface area contributed by atoms with Crippen LogP contribution in [-0.4, -0.2) is 28.8 Å². The van der Waals surface area contributed by atoms with Crippen molar-refractivity contribution in [2.75, 3.05) is 13.1 Å². The van der Waals surface area contributed by atoms with Gasteiger partial charge in [0.25, 0.3) is 0 Å². The van der Waals surface area contributed by atoms with E-state index in [1.807, 2.05) is 43.3 Å². The monoisotopic (exact) mass is 422 g/mol. The molecular weight excluding hydrogens is 392 g/mol. The van der Waals surface area contributed by atoms with Crippen LogP contribution >= 0.6 is 0 Å². The number of hydrogen-bond donors (Lipinski definition) is 1. The molecule has 0 radical (unpaired) electrons. The molecule has 1 aliphatic heterocycles. The average Bonchev–Trinajstić information content (AvgIpc) is 3.17. The van der Waals surface area contributed by atoms with E-state index in [-0.39, 0.29) is 11.8 Å². The molecule has 2 heterocycles. The number of hydrogen-bond acceptors (Lipinski definition) is 2. The van der Waals surface area contributed by atoms with Gasteiger partial charge in [-0.3, -0.25) is 9.69 Å². The van der Waals surface area contributed by atoms with Crippen LogP contribution in [0.25, 0.3) is 10.9 Å². The fourth-order valence-electron chi connectivity index (χ4n) is 5.26. The van der Waals surface area contributed by atoms with Crippen molar-refractivity contribution in [1.82, 2.24) is 9.88 Å². The Kier molecular flexibility index (Phi) is 5.91. The maximum Gasteiger partial charge on any atom is 0.186 e. The molecular formula is C29H30N2O. The smallest absolute Gasteiger partial charge is 0.186 e. The molecule has 1 atom stereocenters. The highest BCUT2D eigenvalue weighted by molar-refractivity contribution is 6.11. The Morgan fingerprint density at radius 3 is 2.25 bits per heavy atom. The molecule has 0 aliphatic carbocycles. The van der Waals surface area contributed by atoms with E-state index < -0.39 is 0 Å². The summed E-state index contributed by atoms with van der Waals surface area (Å²) in [4.78, 5) is 19.9. The van der Waals surface area contributed by atoms with Crippen LogP contribution in [0.15, 0.2) is 84.9 Å². The number of benzene rings is 3. The number of aromatic amines is 1. The van der Waals surface area contributed by atoms with Gasteiger partial charge in [-0.25, -0.2) is 0 Å². The molecule has 1 saturated heterocycles. The molecule has 1 unspecified atom stereocenters. The third-order valence-corrected chi connectivity index (χ3v) is 6.89. The lowest BCUT2D eigenvalue weighted by molar-refractivity contribution is 0.0741. The van der Waals surface area contributed by atoms with Gasteiger partial charge in [-0.15, -0.1) is 0 Å². The van der Waals surface area contributed by atoms with E-state index in [0.29, 0.717) is 5.92 Å². The Bertz CT molecular complexity index is 1190. The largest absolute Gasteiger partial charge is 0.358 e. The molecule has 0 spiro atoms. The van der Waals surface area contributed by atoms with Crippen LogP contribution < -0.4 is 0 Å². The molecule has 4 aromatic rings. The van der Waals surface area contributed by atoms with Crippen molar-refractivity contribution in [3.63, 3.8) is 0 Å². The van der Waals surface area contributed by atoms with Gasteiger partial charge < -0.3 is 4.98 Å². The van der Waals surface area contributed by atoms with E-state index in [1.54, 1.807) is 0 Å². The summed E-state index contributed by atoms with van der Waals surface area (Å²) in [6.07, 6.45) is 3.37. The van der Waals surface area contributed by atoms with Gasteiger partial charge in [0, 0.05) is 22.2 Å². The number of H-pyrrole nitrogens is 1. The topological polar surface area (TPSA) is 36.1 Å². The number of rotatable bonds is 6. The first-order chi connectivity index (χ1) is 15.7. The van der Waals surface area contributed by atoms with E-state index in [0.717, 1.165) is 60.1 Å². The lowest BCUT2D eigenvalue weighted by Crippen LogP contribution is -2.40. The van der Waals surface area contributed by atoms with Gasteiger partial charge >= 0.3 is 0 Å². The lowest BCUT2D eigenvalue weighted by Gasteiger charge is -2.37. The second-order valence-corrected chi connectivity index (χ2v) is 9.02. The normalized spacial score (nSPS) is 16.3. The van der Waals surface area contributed by atoms with Crippen LogP contribution in [0.5, 0.6) is 0 Å². The standard InChI is InChI=1S/C29H30N2O/c1-21-27(25-14-8-9-15-26(25)30-21)29(32)28(24-12-6-3-7-13-24)31-18-16-23(17-19-31)20-22-10-4-2-5-11-22/h2-15,23,28,30H,16-20H2,1H3. The molecule has 162 valence electrons. The van der Waals surface area contributed by atoms with Crippen LogP contribution in [-0.2, 0) is 6.42 Å². The second kappa shape index (κ2) is 9.13. The zero-order valence-electron chi connectivity index (χ0n) is 18.6. The molecule has 0 saturated carbocycles. The number of carbonyl (C=O) groups is 1. The number of piperidine rings is 1. The lowest BCUT2D eigenvalue weighted by atomic mass is 9.87. The van der Waals surface area contributed by atoms with E-state index in [4.69, 9.17) is 0 Å². The van der Waals surface area contributed by atoms with Gasteiger partial charge in [0.15, 0.2) is 5.78 Å². The summed E-state index contributed by atoms with van der Waals surface area (Å²) in [5, 5.41) is 1.02. The molecule has 3 aromatic carbocycles. The minimum atomic E-state index is -0.244. The van der Waals surface area contributed by atoms with Crippen molar-refractivity contribution >= 4 is 16.7 Å². The average molecular weight is 423 g/mol. The number of nitrogens with zero attached hydrogens (tertiary/aromatic N) is 1. The van der Waals surface area contributed by atoms with Crippen molar-refractivity contribution in [1.29, 1.82) is 0 Å². The number of nitrogens with one attached hydrogen (secondary N) is 1. The maximum atomic E-state index is 14.1. The molecule has 0 amide bonds. The number of aromatic nitrogens is 1. The van der Waals surface area contributed by atoms with Gasteiger partial charge in [-0.2, -0.15) is 0 Å². The minimum Gasteiger partial charge on any atom is -0.358 e. The Morgan fingerprint density at radius 2 is 1.53 bits per heavy atom. The predicted octanol–water partition coefficient (Wildman–Crippen LogP) is 6.36. The van der Waals surface area contributed by atoms with Crippen molar-refractivity contribution < 1.29 is 4.79 Å². The predicted molar refractivity (Wildman–Crippen MR) is 131 cm³/mol. The third-order valence-electron chi connectivity index (χ3n) is 6.89. The first-order valence-electron chi connectivity index (χ1n) is 11.6. The highest BCUT2D eigenvalue weighted by Crippen LogP contribution is 2.34. The highest BCUT2D eigenvalue weighted by Gasteiger charge is 2.33. The van der Waals surface area contributed by atoms with Gasteiger partial charge in [0.1, 0.15) is 0 Å². The quantitative estimate of drug-likeness (QED) is 0.367. The van der Waals surface area contributed by atoms with E-state index >= 15 is 0 Å². The summed E-state index contributed by atoms with van der Waals surface area (Å²) in [6, 6.07) is 29.0. The minimum absolute atomic E-state index is 0.202. The fraction of sp³-hybridized carbons (Fsp3) is 0.276.